The van der Waals surface area contributed by atoms with Crippen molar-refractivity contribution in [3.05, 3.63) is 65.2 Å². The second kappa shape index (κ2) is 9.20. The molecule has 2 saturated heterocycles. The Bertz CT molecular complexity index is 956. The topological polar surface area (TPSA) is 79.0 Å². The molecule has 0 spiro atoms. The zero-order valence-electron chi connectivity index (χ0n) is 17.7. The summed E-state index contributed by atoms with van der Waals surface area (Å²) in [6, 6.07) is 14.5. The minimum Gasteiger partial charge on any atom is -0.494 e. The largest absolute Gasteiger partial charge is 0.494 e. The number of amides is 3. The molecule has 1 atom stereocenters. The van der Waals surface area contributed by atoms with Gasteiger partial charge in [-0.25, -0.2) is 0 Å². The van der Waals surface area contributed by atoms with Crippen LogP contribution in [-0.4, -0.2) is 53.3 Å². The number of piperazine rings is 1. The molecular weight excluding hydrogens is 394 g/mol. The van der Waals surface area contributed by atoms with Crippen molar-refractivity contribution in [2.75, 3.05) is 19.7 Å². The van der Waals surface area contributed by atoms with Crippen molar-refractivity contribution < 1.29 is 19.1 Å². The third-order valence-electron chi connectivity index (χ3n) is 5.77. The van der Waals surface area contributed by atoms with E-state index in [0.717, 1.165) is 29.7 Å². The SMILES string of the molecule is CCOc1ccc(CNC(=O)c2ccc(CN3CC(=O)N4CCC[C@H]4C3=O)cc2)cc1. The highest BCUT2D eigenvalue weighted by atomic mass is 16.5. The third kappa shape index (κ3) is 4.71. The van der Waals surface area contributed by atoms with Gasteiger partial charge in [-0.2, -0.15) is 0 Å². The molecule has 0 bridgehead atoms. The minimum atomic E-state index is -0.297. The molecule has 7 heteroatoms. The fraction of sp³-hybridized carbons (Fsp3) is 0.375. The van der Waals surface area contributed by atoms with Crippen molar-refractivity contribution in [2.45, 2.75) is 38.9 Å². The molecule has 162 valence electrons. The molecule has 0 unspecified atom stereocenters. The van der Waals surface area contributed by atoms with E-state index in [1.165, 1.54) is 0 Å². The number of carbonyl (C=O) groups is 3. The Hall–Kier alpha value is -3.35. The van der Waals surface area contributed by atoms with Gasteiger partial charge < -0.3 is 19.9 Å². The summed E-state index contributed by atoms with van der Waals surface area (Å²) in [5.41, 5.74) is 2.44. The molecule has 2 aromatic rings. The summed E-state index contributed by atoms with van der Waals surface area (Å²) >= 11 is 0. The number of hydrogen-bond donors (Lipinski definition) is 1. The highest BCUT2D eigenvalue weighted by molar-refractivity contribution is 5.95. The summed E-state index contributed by atoms with van der Waals surface area (Å²) in [5, 5.41) is 2.91. The van der Waals surface area contributed by atoms with Gasteiger partial charge in [-0.05, 0) is 55.2 Å². The molecule has 2 aromatic carbocycles. The summed E-state index contributed by atoms with van der Waals surface area (Å²) in [6.45, 7) is 4.17. The molecule has 3 amide bonds. The Morgan fingerprint density at radius 3 is 2.48 bits per heavy atom. The maximum atomic E-state index is 12.7. The average molecular weight is 421 g/mol. The summed E-state index contributed by atoms with van der Waals surface area (Å²) in [4.78, 5) is 40.7. The Labute approximate surface area is 182 Å². The van der Waals surface area contributed by atoms with Crippen molar-refractivity contribution in [3.8, 4) is 5.75 Å². The predicted octanol–water partition coefficient (Wildman–Crippen LogP) is 2.35. The van der Waals surface area contributed by atoms with Crippen molar-refractivity contribution >= 4 is 17.7 Å². The lowest BCUT2D eigenvalue weighted by Crippen LogP contribution is -2.56. The first-order chi connectivity index (χ1) is 15.0. The lowest BCUT2D eigenvalue weighted by atomic mass is 10.1. The number of nitrogens with one attached hydrogen (secondary N) is 1. The predicted molar refractivity (Wildman–Crippen MR) is 115 cm³/mol. The zero-order chi connectivity index (χ0) is 21.8. The van der Waals surface area contributed by atoms with Crippen molar-refractivity contribution in [2.24, 2.45) is 0 Å². The second-order valence-electron chi connectivity index (χ2n) is 7.90. The van der Waals surface area contributed by atoms with Gasteiger partial charge >= 0.3 is 0 Å². The molecule has 1 N–H and O–H groups in total. The van der Waals surface area contributed by atoms with Crippen LogP contribution in [0.1, 0.15) is 41.3 Å². The first-order valence-corrected chi connectivity index (χ1v) is 10.7. The molecular formula is C24H27N3O4. The van der Waals surface area contributed by atoms with E-state index >= 15 is 0 Å². The number of rotatable bonds is 7. The third-order valence-corrected chi connectivity index (χ3v) is 5.77. The van der Waals surface area contributed by atoms with E-state index < -0.39 is 0 Å². The number of benzene rings is 2. The van der Waals surface area contributed by atoms with E-state index in [1.54, 1.807) is 21.9 Å². The maximum absolute atomic E-state index is 12.7. The van der Waals surface area contributed by atoms with Crippen LogP contribution >= 0.6 is 0 Å². The van der Waals surface area contributed by atoms with E-state index in [1.807, 2.05) is 43.3 Å². The molecule has 0 aromatic heterocycles. The van der Waals surface area contributed by atoms with E-state index in [4.69, 9.17) is 4.74 Å². The standard InChI is InChI=1S/C24H27N3O4/c1-2-31-20-11-7-17(8-12-20)14-25-23(29)19-9-5-18(6-10-19)15-26-16-22(28)27-13-3-4-21(27)24(26)30/h5-12,21H,2-4,13-16H2,1H3,(H,25,29)/t21-/m0/s1. The van der Waals surface area contributed by atoms with Crippen LogP contribution in [0.25, 0.3) is 0 Å². The van der Waals surface area contributed by atoms with Gasteiger partial charge in [-0.1, -0.05) is 24.3 Å². The lowest BCUT2D eigenvalue weighted by Gasteiger charge is -2.36. The van der Waals surface area contributed by atoms with E-state index in [0.29, 0.717) is 31.8 Å². The number of fused-ring (bicyclic) bond motifs is 1. The van der Waals surface area contributed by atoms with Crippen LogP contribution in [0.4, 0.5) is 0 Å². The molecule has 2 heterocycles. The lowest BCUT2D eigenvalue weighted by molar-refractivity contribution is -0.154. The van der Waals surface area contributed by atoms with Gasteiger partial charge in [0.2, 0.25) is 11.8 Å². The van der Waals surface area contributed by atoms with Crippen LogP contribution in [0.3, 0.4) is 0 Å². The summed E-state index contributed by atoms with van der Waals surface area (Å²) in [6.07, 6.45) is 1.63. The van der Waals surface area contributed by atoms with Gasteiger partial charge in [0.15, 0.2) is 0 Å². The molecule has 0 saturated carbocycles. The van der Waals surface area contributed by atoms with Crippen LogP contribution in [0.15, 0.2) is 48.5 Å². The van der Waals surface area contributed by atoms with Gasteiger partial charge in [0.1, 0.15) is 18.3 Å². The van der Waals surface area contributed by atoms with Crippen LogP contribution < -0.4 is 10.1 Å². The zero-order valence-corrected chi connectivity index (χ0v) is 17.7. The fourth-order valence-corrected chi connectivity index (χ4v) is 4.14. The Balaban J connectivity index is 1.32. The van der Waals surface area contributed by atoms with Crippen molar-refractivity contribution in [3.63, 3.8) is 0 Å². The van der Waals surface area contributed by atoms with Gasteiger partial charge in [0.25, 0.3) is 5.91 Å². The normalized spacial score (nSPS) is 18.2. The van der Waals surface area contributed by atoms with Gasteiger partial charge in [0.05, 0.1) is 6.61 Å². The van der Waals surface area contributed by atoms with Gasteiger partial charge in [0, 0.05) is 25.2 Å². The van der Waals surface area contributed by atoms with E-state index in [9.17, 15) is 14.4 Å². The quantitative estimate of drug-likeness (QED) is 0.744. The summed E-state index contributed by atoms with van der Waals surface area (Å²) in [5.74, 6) is 0.690. The van der Waals surface area contributed by atoms with Crippen molar-refractivity contribution in [1.29, 1.82) is 0 Å². The molecule has 0 aliphatic carbocycles. The Morgan fingerprint density at radius 1 is 1.06 bits per heavy atom. The molecule has 31 heavy (non-hydrogen) atoms. The fourth-order valence-electron chi connectivity index (χ4n) is 4.14. The van der Waals surface area contributed by atoms with Gasteiger partial charge in [-0.15, -0.1) is 0 Å². The number of carbonyl (C=O) groups excluding carboxylic acids is 3. The molecule has 2 aliphatic heterocycles. The van der Waals surface area contributed by atoms with E-state index in [-0.39, 0.29) is 30.3 Å². The Kier molecular flexibility index (Phi) is 6.21. The van der Waals surface area contributed by atoms with Crippen LogP contribution in [-0.2, 0) is 22.7 Å². The minimum absolute atomic E-state index is 0.0207. The highest BCUT2D eigenvalue weighted by Gasteiger charge is 2.41. The summed E-state index contributed by atoms with van der Waals surface area (Å²) < 4.78 is 5.42. The first-order valence-electron chi connectivity index (χ1n) is 10.7. The van der Waals surface area contributed by atoms with Gasteiger partial charge in [-0.3, -0.25) is 14.4 Å². The summed E-state index contributed by atoms with van der Waals surface area (Å²) in [7, 11) is 0. The number of hydrogen-bond acceptors (Lipinski definition) is 4. The smallest absolute Gasteiger partial charge is 0.251 e. The Morgan fingerprint density at radius 2 is 1.77 bits per heavy atom. The number of ether oxygens (including phenoxy) is 1. The van der Waals surface area contributed by atoms with Crippen molar-refractivity contribution in [1.82, 2.24) is 15.1 Å². The van der Waals surface area contributed by atoms with E-state index in [2.05, 4.69) is 5.32 Å². The molecule has 2 fully saturated rings. The van der Waals surface area contributed by atoms with Crippen LogP contribution in [0, 0.1) is 0 Å². The van der Waals surface area contributed by atoms with Crippen LogP contribution in [0.5, 0.6) is 5.75 Å². The first kappa shape index (κ1) is 20.9. The monoisotopic (exact) mass is 421 g/mol. The second-order valence-corrected chi connectivity index (χ2v) is 7.90. The molecule has 7 nitrogen and oxygen atoms in total. The average Bonchev–Trinajstić information content (AvgIpc) is 3.28. The highest BCUT2D eigenvalue weighted by Crippen LogP contribution is 2.24. The molecule has 0 radical (unpaired) electrons. The molecule has 2 aliphatic rings. The maximum Gasteiger partial charge on any atom is 0.251 e. The van der Waals surface area contributed by atoms with Crippen LogP contribution in [0.2, 0.25) is 0 Å². The number of nitrogens with zero attached hydrogens (tertiary/aromatic N) is 2. The molecule has 4 rings (SSSR count).